The van der Waals surface area contributed by atoms with Gasteiger partial charge >= 0.3 is 0 Å². The molecular weight excluding hydrogens is 156 g/mol. The Labute approximate surface area is 69.5 Å². The first-order chi connectivity index (χ1) is 5.27. The Morgan fingerprint density at radius 2 is 2.55 bits per heavy atom. The molecule has 0 radical (unpaired) electrons. The molecule has 0 spiro atoms. The number of thiophene rings is 1. The third-order valence-electron chi connectivity index (χ3n) is 1.35. The molecular formula is C8H6N2S. The van der Waals surface area contributed by atoms with E-state index in [0.717, 1.165) is 4.88 Å². The molecule has 3 heteroatoms. The average molecular weight is 162 g/mol. The third-order valence-corrected chi connectivity index (χ3v) is 2.46. The van der Waals surface area contributed by atoms with Crippen LogP contribution in [0.2, 0.25) is 0 Å². The molecule has 0 amide bonds. The zero-order chi connectivity index (χ0) is 8.27. The van der Waals surface area contributed by atoms with Crippen molar-refractivity contribution in [1.82, 2.24) is 0 Å². The van der Waals surface area contributed by atoms with Crippen LogP contribution in [0.15, 0.2) is 11.4 Å². The van der Waals surface area contributed by atoms with E-state index in [1.54, 1.807) is 11.4 Å². The van der Waals surface area contributed by atoms with Gasteiger partial charge in [0.2, 0.25) is 0 Å². The van der Waals surface area contributed by atoms with E-state index < -0.39 is 0 Å². The second kappa shape index (κ2) is 3.18. The SMILES string of the molecule is [C-]#[N+]C(C)c1cc(C#N)cs1. The Morgan fingerprint density at radius 1 is 1.82 bits per heavy atom. The van der Waals surface area contributed by atoms with Crippen molar-refractivity contribution in [3.05, 3.63) is 33.3 Å². The first-order valence-corrected chi connectivity index (χ1v) is 4.01. The molecule has 54 valence electrons. The van der Waals surface area contributed by atoms with E-state index in [1.807, 2.05) is 13.0 Å². The first kappa shape index (κ1) is 7.78. The van der Waals surface area contributed by atoms with E-state index in [1.165, 1.54) is 11.3 Å². The van der Waals surface area contributed by atoms with Crippen LogP contribution in [-0.2, 0) is 0 Å². The van der Waals surface area contributed by atoms with E-state index in [4.69, 9.17) is 11.8 Å². The van der Waals surface area contributed by atoms with Gasteiger partial charge in [0, 0.05) is 12.3 Å². The minimum atomic E-state index is -0.109. The quantitative estimate of drug-likeness (QED) is 0.583. The Bertz CT molecular complexity index is 327. The summed E-state index contributed by atoms with van der Waals surface area (Å²) in [5, 5.41) is 10.3. The van der Waals surface area contributed by atoms with Gasteiger partial charge in [-0.1, -0.05) is 0 Å². The molecule has 1 aromatic rings. The molecule has 0 fully saturated rings. The van der Waals surface area contributed by atoms with Crippen LogP contribution in [0.25, 0.3) is 4.85 Å². The van der Waals surface area contributed by atoms with Gasteiger partial charge in [-0.3, -0.25) is 0 Å². The van der Waals surface area contributed by atoms with Gasteiger partial charge in [0.05, 0.1) is 10.4 Å². The number of hydrogen-bond acceptors (Lipinski definition) is 2. The molecule has 1 unspecified atom stereocenters. The van der Waals surface area contributed by atoms with Crippen LogP contribution >= 0.6 is 11.3 Å². The number of hydrogen-bond donors (Lipinski definition) is 0. The van der Waals surface area contributed by atoms with E-state index in [2.05, 4.69) is 4.85 Å². The Hall–Kier alpha value is -1.32. The highest BCUT2D eigenvalue weighted by atomic mass is 32.1. The summed E-state index contributed by atoms with van der Waals surface area (Å²) in [5.74, 6) is 0. The van der Waals surface area contributed by atoms with Crippen molar-refractivity contribution in [3.8, 4) is 6.07 Å². The fourth-order valence-electron chi connectivity index (χ4n) is 0.694. The van der Waals surface area contributed by atoms with Gasteiger partial charge in [-0.05, 0) is 6.07 Å². The summed E-state index contributed by atoms with van der Waals surface area (Å²) in [6.45, 7) is 8.59. The van der Waals surface area contributed by atoms with Gasteiger partial charge in [0.1, 0.15) is 6.07 Å². The van der Waals surface area contributed by atoms with Crippen molar-refractivity contribution < 1.29 is 0 Å². The van der Waals surface area contributed by atoms with E-state index in [-0.39, 0.29) is 6.04 Å². The Morgan fingerprint density at radius 3 is 3.00 bits per heavy atom. The van der Waals surface area contributed by atoms with Crippen LogP contribution in [0.4, 0.5) is 0 Å². The molecule has 1 rings (SSSR count). The van der Waals surface area contributed by atoms with Crippen LogP contribution in [0, 0.1) is 17.9 Å². The highest BCUT2D eigenvalue weighted by Gasteiger charge is 2.10. The molecule has 0 aliphatic carbocycles. The number of nitriles is 1. The summed E-state index contributed by atoms with van der Waals surface area (Å²) in [6.07, 6.45) is 0. The average Bonchev–Trinajstić information content (AvgIpc) is 2.50. The molecule has 1 aromatic heterocycles. The van der Waals surface area contributed by atoms with Crippen molar-refractivity contribution >= 4 is 11.3 Å². The molecule has 2 nitrogen and oxygen atoms in total. The topological polar surface area (TPSA) is 28.1 Å². The minimum absolute atomic E-state index is 0.109. The van der Waals surface area contributed by atoms with E-state index in [9.17, 15) is 0 Å². The van der Waals surface area contributed by atoms with Crippen LogP contribution in [0.5, 0.6) is 0 Å². The molecule has 0 saturated carbocycles. The Kier molecular flexibility index (Phi) is 2.25. The fourth-order valence-corrected chi connectivity index (χ4v) is 1.52. The highest BCUT2D eigenvalue weighted by molar-refractivity contribution is 7.10. The van der Waals surface area contributed by atoms with Crippen LogP contribution < -0.4 is 0 Å². The van der Waals surface area contributed by atoms with Crippen molar-refractivity contribution in [2.24, 2.45) is 0 Å². The summed E-state index contributed by atoms with van der Waals surface area (Å²) >= 11 is 1.47. The zero-order valence-electron chi connectivity index (χ0n) is 6.03. The number of nitrogens with zero attached hydrogens (tertiary/aromatic N) is 2. The van der Waals surface area contributed by atoms with Crippen LogP contribution in [0.3, 0.4) is 0 Å². The van der Waals surface area contributed by atoms with Crippen molar-refractivity contribution in [2.75, 3.05) is 0 Å². The van der Waals surface area contributed by atoms with Crippen molar-refractivity contribution in [2.45, 2.75) is 13.0 Å². The maximum atomic E-state index is 8.48. The van der Waals surface area contributed by atoms with Gasteiger partial charge in [0.15, 0.2) is 0 Å². The normalized spacial score (nSPS) is 11.5. The van der Waals surface area contributed by atoms with Crippen molar-refractivity contribution in [1.29, 1.82) is 5.26 Å². The second-order valence-corrected chi connectivity index (χ2v) is 3.10. The van der Waals surface area contributed by atoms with Gasteiger partial charge in [0.25, 0.3) is 6.04 Å². The van der Waals surface area contributed by atoms with E-state index in [0.29, 0.717) is 5.56 Å². The molecule has 1 heterocycles. The number of rotatable bonds is 1. The highest BCUT2D eigenvalue weighted by Crippen LogP contribution is 2.23. The lowest BCUT2D eigenvalue weighted by Crippen LogP contribution is -1.78. The largest absolute Gasteiger partial charge is 0.308 e. The van der Waals surface area contributed by atoms with Gasteiger partial charge in [-0.2, -0.15) is 5.26 Å². The maximum Gasteiger partial charge on any atom is 0.255 e. The molecule has 0 aliphatic rings. The van der Waals surface area contributed by atoms with E-state index >= 15 is 0 Å². The molecule has 11 heavy (non-hydrogen) atoms. The summed E-state index contributed by atoms with van der Waals surface area (Å²) in [7, 11) is 0. The van der Waals surface area contributed by atoms with Crippen LogP contribution in [0.1, 0.15) is 23.4 Å². The van der Waals surface area contributed by atoms with Crippen molar-refractivity contribution in [3.63, 3.8) is 0 Å². The van der Waals surface area contributed by atoms with Gasteiger partial charge < -0.3 is 4.85 Å². The molecule has 0 aromatic carbocycles. The predicted molar refractivity (Wildman–Crippen MR) is 44.1 cm³/mol. The summed E-state index contributed by atoms with van der Waals surface area (Å²) < 4.78 is 0. The minimum Gasteiger partial charge on any atom is -0.308 e. The van der Waals surface area contributed by atoms with Gasteiger partial charge in [-0.25, -0.2) is 6.57 Å². The summed E-state index contributed by atoms with van der Waals surface area (Å²) in [5.41, 5.74) is 0.653. The van der Waals surface area contributed by atoms with Gasteiger partial charge in [-0.15, -0.1) is 11.3 Å². The smallest absolute Gasteiger partial charge is 0.255 e. The molecule has 0 bridgehead atoms. The lowest BCUT2D eigenvalue weighted by atomic mass is 10.2. The Balaban J connectivity index is 2.93. The monoisotopic (exact) mass is 162 g/mol. The maximum absolute atomic E-state index is 8.48. The first-order valence-electron chi connectivity index (χ1n) is 3.13. The third kappa shape index (κ3) is 1.58. The molecule has 0 aliphatic heterocycles. The standard InChI is InChI=1S/C8H6N2S/c1-6(10-2)8-3-7(4-9)5-11-8/h3,5-6H,1H3. The molecule has 0 N–H and O–H groups in total. The summed E-state index contributed by atoms with van der Waals surface area (Å²) in [6, 6.07) is 3.70. The lowest BCUT2D eigenvalue weighted by molar-refractivity contribution is 0.990. The second-order valence-electron chi connectivity index (χ2n) is 2.15. The zero-order valence-corrected chi connectivity index (χ0v) is 6.85. The predicted octanol–water partition coefficient (Wildman–Crippen LogP) is 2.60. The fraction of sp³-hybridized carbons (Fsp3) is 0.250. The molecule has 1 atom stereocenters. The summed E-state index contributed by atoms with van der Waals surface area (Å²) in [4.78, 5) is 4.33. The van der Waals surface area contributed by atoms with Crippen LogP contribution in [-0.4, -0.2) is 0 Å². The molecule has 0 saturated heterocycles. The lowest BCUT2D eigenvalue weighted by Gasteiger charge is -1.89.